The normalized spacial score (nSPS) is 22.3. The van der Waals surface area contributed by atoms with Crippen molar-refractivity contribution in [3.05, 3.63) is 84.7 Å². The number of amides is 4. The predicted molar refractivity (Wildman–Crippen MR) is 225 cm³/mol. The number of hydrogen-bond acceptors (Lipinski definition) is 8. The van der Waals surface area contributed by atoms with Gasteiger partial charge < -0.3 is 39.9 Å². The second-order valence-electron chi connectivity index (χ2n) is 17.5. The fourth-order valence-electron chi connectivity index (χ4n) is 9.85. The minimum Gasteiger partial charge on any atom is -0.453 e. The number of ether oxygens (including phenoxy) is 2. The molecule has 14 heteroatoms. The van der Waals surface area contributed by atoms with Gasteiger partial charge in [-0.2, -0.15) is 0 Å². The molecule has 2 saturated heterocycles. The van der Waals surface area contributed by atoms with Gasteiger partial charge in [0.1, 0.15) is 23.7 Å². The van der Waals surface area contributed by atoms with E-state index in [2.05, 4.69) is 81.3 Å². The van der Waals surface area contributed by atoms with Crippen molar-refractivity contribution in [2.45, 2.75) is 89.5 Å². The number of imidazole rings is 2. The third-order valence-electron chi connectivity index (χ3n) is 13.3. The van der Waals surface area contributed by atoms with Crippen LogP contribution in [0, 0.1) is 17.3 Å². The number of carbonyl (C=O) groups is 4. The number of aromatic amines is 2. The number of rotatable bonds is 10. The van der Waals surface area contributed by atoms with Crippen molar-refractivity contribution in [3.63, 3.8) is 0 Å². The van der Waals surface area contributed by atoms with Crippen LogP contribution in [0.15, 0.2) is 73.1 Å². The minimum absolute atomic E-state index is 0.104. The van der Waals surface area contributed by atoms with Crippen molar-refractivity contribution in [1.82, 2.24) is 40.4 Å². The van der Waals surface area contributed by atoms with E-state index in [0.29, 0.717) is 12.5 Å². The van der Waals surface area contributed by atoms with E-state index in [0.717, 1.165) is 94.6 Å². The maximum atomic E-state index is 13.9. The zero-order chi connectivity index (χ0) is 41.9. The number of aromatic nitrogens is 4. The van der Waals surface area contributed by atoms with Gasteiger partial charge in [-0.15, -0.1) is 0 Å². The van der Waals surface area contributed by atoms with Crippen LogP contribution in [0.3, 0.4) is 0 Å². The van der Waals surface area contributed by atoms with Gasteiger partial charge in [-0.3, -0.25) is 9.59 Å². The Kier molecular flexibility index (Phi) is 10.1. The summed E-state index contributed by atoms with van der Waals surface area (Å²) in [6, 6.07) is 19.6. The Morgan fingerprint density at radius 2 is 1.35 bits per heavy atom. The lowest BCUT2D eigenvalue weighted by molar-refractivity contribution is -0.138. The molecule has 2 aromatic heterocycles. The number of alkyl carbamates (subject to hydrolysis) is 2. The summed E-state index contributed by atoms with van der Waals surface area (Å²) in [5.41, 5.74) is 6.08. The van der Waals surface area contributed by atoms with Crippen LogP contribution in [-0.2, 0) is 19.1 Å². The van der Waals surface area contributed by atoms with E-state index in [9.17, 15) is 19.2 Å². The van der Waals surface area contributed by atoms with E-state index in [1.807, 2.05) is 36.0 Å². The monoisotopic (exact) mass is 812 g/mol. The van der Waals surface area contributed by atoms with Gasteiger partial charge in [0.25, 0.3) is 0 Å². The Labute approximate surface area is 348 Å². The standard InChI is InChI=1S/C46H52N8O6/c1-25(2)38(52-45(58)60-5)43(56)53-24-46(16-17-46)21-37(53)40-47-23-36(50-40)32-13-12-30-18-29(10-11-31(30)19-32)27-6-8-28(9-7-27)35-22-48-41(51-35)39-33-14-15-34(20-33)54(39)42(55)26(3)49-44(57)59-4/h6-13,18-19,22-23,25-26,33-34,37-39H,14-17,20-21,24H2,1-5H3,(H,47,50)(H,48,51)(H,49,57)(H,52,58)/t26-,33-,34?,37-,38-,39-/m0/s1. The molecule has 9 rings (SSSR count). The first-order valence-corrected chi connectivity index (χ1v) is 21.0. The van der Waals surface area contributed by atoms with Crippen molar-refractivity contribution in [2.24, 2.45) is 17.3 Å². The molecule has 4 aliphatic rings. The quantitative estimate of drug-likeness (QED) is 0.112. The largest absolute Gasteiger partial charge is 0.453 e. The lowest BCUT2D eigenvalue weighted by Crippen LogP contribution is -2.51. The van der Waals surface area contributed by atoms with Crippen LogP contribution in [0.4, 0.5) is 9.59 Å². The number of carbonyl (C=O) groups excluding carboxylic acids is 4. The summed E-state index contributed by atoms with van der Waals surface area (Å²) >= 11 is 0. The molecule has 312 valence electrons. The van der Waals surface area contributed by atoms with Crippen LogP contribution < -0.4 is 10.6 Å². The van der Waals surface area contributed by atoms with Crippen molar-refractivity contribution in [3.8, 4) is 33.6 Å². The van der Waals surface area contributed by atoms with E-state index in [1.165, 1.54) is 14.2 Å². The Balaban J connectivity index is 0.890. The molecule has 4 N–H and O–H groups in total. The van der Waals surface area contributed by atoms with E-state index in [4.69, 9.17) is 19.4 Å². The second-order valence-corrected chi connectivity index (χ2v) is 17.5. The summed E-state index contributed by atoms with van der Waals surface area (Å²) in [5, 5.41) is 7.59. The SMILES string of the molecule is COC(=O)N[C@@H](C)C(=O)N1C2CC[C@@H](C2)[C@H]1c1ncc(-c2ccc(-c3ccc4cc(-c5cnc([C@@H]6CC7(CC7)CN6C(=O)[C@@H](NC(=O)OC)C(C)C)[nH]5)ccc4c3)cc2)[nH]1. The van der Waals surface area contributed by atoms with Gasteiger partial charge >= 0.3 is 12.2 Å². The van der Waals surface area contributed by atoms with Crippen LogP contribution in [0.25, 0.3) is 44.4 Å². The Hall–Kier alpha value is -6.18. The molecule has 0 radical (unpaired) electrons. The number of piperidine rings is 1. The summed E-state index contributed by atoms with van der Waals surface area (Å²) < 4.78 is 9.54. The highest BCUT2D eigenvalue weighted by molar-refractivity contribution is 5.91. The summed E-state index contributed by atoms with van der Waals surface area (Å²) in [6.07, 6.45) is 8.41. The van der Waals surface area contributed by atoms with E-state index in [-0.39, 0.29) is 41.3 Å². The molecule has 4 fully saturated rings. The maximum Gasteiger partial charge on any atom is 0.407 e. The summed E-state index contributed by atoms with van der Waals surface area (Å²) in [6.45, 7) is 6.20. The summed E-state index contributed by atoms with van der Waals surface area (Å²) in [7, 11) is 2.60. The molecular formula is C46H52N8O6. The van der Waals surface area contributed by atoms with Gasteiger partial charge in [-0.25, -0.2) is 19.6 Å². The van der Waals surface area contributed by atoms with Crippen molar-refractivity contribution in [2.75, 3.05) is 20.8 Å². The smallest absolute Gasteiger partial charge is 0.407 e. The molecule has 14 nitrogen and oxygen atoms in total. The number of nitrogens with zero attached hydrogens (tertiary/aromatic N) is 4. The molecule has 60 heavy (non-hydrogen) atoms. The van der Waals surface area contributed by atoms with Crippen molar-refractivity contribution >= 4 is 34.8 Å². The molecule has 1 unspecified atom stereocenters. The topological polar surface area (TPSA) is 175 Å². The lowest BCUT2D eigenvalue weighted by atomic mass is 9.97. The molecule has 6 atom stereocenters. The third-order valence-corrected chi connectivity index (χ3v) is 13.3. The van der Waals surface area contributed by atoms with E-state index in [1.54, 1.807) is 6.92 Å². The fraction of sp³-hybridized carbons (Fsp3) is 0.435. The number of H-pyrrole nitrogens is 2. The van der Waals surface area contributed by atoms with Gasteiger partial charge in [0.05, 0.1) is 50.1 Å². The highest BCUT2D eigenvalue weighted by Crippen LogP contribution is 2.58. The van der Waals surface area contributed by atoms with Crippen LogP contribution in [0.5, 0.6) is 0 Å². The molecule has 2 aliphatic heterocycles. The second kappa shape index (κ2) is 15.4. The van der Waals surface area contributed by atoms with E-state index < -0.39 is 24.3 Å². The zero-order valence-corrected chi connectivity index (χ0v) is 34.7. The van der Waals surface area contributed by atoms with Crippen LogP contribution >= 0.6 is 0 Å². The van der Waals surface area contributed by atoms with Crippen LogP contribution in [-0.4, -0.2) is 92.6 Å². The zero-order valence-electron chi connectivity index (χ0n) is 34.7. The maximum absolute atomic E-state index is 13.9. The van der Waals surface area contributed by atoms with Crippen LogP contribution in [0.2, 0.25) is 0 Å². The van der Waals surface area contributed by atoms with Gasteiger partial charge in [-0.1, -0.05) is 62.4 Å². The molecule has 2 saturated carbocycles. The molecule has 4 amide bonds. The highest BCUT2D eigenvalue weighted by atomic mass is 16.5. The Morgan fingerprint density at radius 3 is 2.03 bits per heavy atom. The fourth-order valence-corrected chi connectivity index (χ4v) is 9.85. The van der Waals surface area contributed by atoms with Crippen LogP contribution in [0.1, 0.15) is 83.0 Å². The van der Waals surface area contributed by atoms with Gasteiger partial charge in [0.2, 0.25) is 11.8 Å². The summed E-state index contributed by atoms with van der Waals surface area (Å²) in [5.74, 6) is 1.52. The first-order valence-electron chi connectivity index (χ1n) is 21.0. The first kappa shape index (κ1) is 39.3. The number of benzene rings is 3. The molecule has 2 aliphatic carbocycles. The molecule has 4 heterocycles. The molecular weight excluding hydrogens is 761 g/mol. The molecule has 3 aromatic carbocycles. The molecule has 1 spiro atoms. The van der Waals surface area contributed by atoms with Gasteiger partial charge in [-0.05, 0) is 102 Å². The summed E-state index contributed by atoms with van der Waals surface area (Å²) in [4.78, 5) is 71.8. The predicted octanol–water partition coefficient (Wildman–Crippen LogP) is 7.52. The van der Waals surface area contributed by atoms with Crippen molar-refractivity contribution in [1.29, 1.82) is 0 Å². The number of likely N-dealkylation sites (tertiary alicyclic amines) is 2. The third kappa shape index (κ3) is 7.26. The van der Waals surface area contributed by atoms with Gasteiger partial charge in [0, 0.05) is 18.2 Å². The number of nitrogens with one attached hydrogen (secondary N) is 4. The number of methoxy groups -OCH3 is 2. The molecule has 5 aromatic rings. The Morgan fingerprint density at radius 1 is 0.750 bits per heavy atom. The highest BCUT2D eigenvalue weighted by Gasteiger charge is 2.55. The average molecular weight is 813 g/mol. The number of fused-ring (bicyclic) bond motifs is 3. The van der Waals surface area contributed by atoms with Gasteiger partial charge in [0.15, 0.2) is 0 Å². The first-order chi connectivity index (χ1) is 28.9. The molecule has 2 bridgehead atoms. The minimum atomic E-state index is -0.700. The lowest BCUT2D eigenvalue weighted by Gasteiger charge is -2.36. The van der Waals surface area contributed by atoms with Crippen molar-refractivity contribution < 1.29 is 28.7 Å². The Bertz CT molecular complexity index is 2450. The number of hydrogen-bond donors (Lipinski definition) is 4. The average Bonchev–Trinajstić information content (AvgIpc) is 3.89. The van der Waals surface area contributed by atoms with E-state index >= 15 is 0 Å².